The van der Waals surface area contributed by atoms with Crippen molar-refractivity contribution in [2.45, 2.75) is 12.5 Å². The van der Waals surface area contributed by atoms with Crippen LogP contribution < -0.4 is 11.1 Å². The summed E-state index contributed by atoms with van der Waals surface area (Å²) in [4.78, 5) is 16.3. The Labute approximate surface area is 114 Å². The minimum atomic E-state index is 0.0316. The first kappa shape index (κ1) is 13.8. The number of nitrogens with zero attached hydrogens (tertiary/aromatic N) is 2. The third-order valence-electron chi connectivity index (χ3n) is 3.54. The molecule has 1 fully saturated rings. The number of amides is 1. The van der Waals surface area contributed by atoms with Crippen LogP contribution in [0.4, 0.5) is 11.4 Å². The quantitative estimate of drug-likeness (QED) is 0.790. The van der Waals surface area contributed by atoms with E-state index in [4.69, 9.17) is 5.73 Å². The Morgan fingerprint density at radius 1 is 1.42 bits per heavy atom. The molecule has 1 aromatic rings. The number of carbonyl (C=O) groups is 1. The first-order valence-electron chi connectivity index (χ1n) is 6.59. The van der Waals surface area contributed by atoms with Crippen LogP contribution >= 0.6 is 0 Å². The molecule has 2 rings (SSSR count). The number of hydrogen-bond acceptors (Lipinski definition) is 4. The molecule has 0 saturated carbocycles. The molecule has 1 saturated heterocycles. The topological polar surface area (TPSA) is 61.6 Å². The van der Waals surface area contributed by atoms with Crippen molar-refractivity contribution < 1.29 is 4.79 Å². The maximum atomic E-state index is 11.9. The van der Waals surface area contributed by atoms with Crippen LogP contribution in [-0.2, 0) is 4.79 Å². The summed E-state index contributed by atoms with van der Waals surface area (Å²) in [5.41, 5.74) is 7.10. The number of likely N-dealkylation sites (N-methyl/N-ethyl adjacent to an activating group) is 1. The normalized spacial score (nSPS) is 19.8. The molecule has 0 aliphatic carbocycles. The number of nitrogens with one attached hydrogen (secondary N) is 1. The Kier molecular flexibility index (Phi) is 4.39. The zero-order valence-electron chi connectivity index (χ0n) is 11.6. The van der Waals surface area contributed by atoms with E-state index in [9.17, 15) is 4.79 Å². The molecular formula is C14H22N4O. The number of carbonyl (C=O) groups excluding carboxylic acids is 1. The van der Waals surface area contributed by atoms with E-state index >= 15 is 0 Å². The highest BCUT2D eigenvalue weighted by molar-refractivity contribution is 5.92. The van der Waals surface area contributed by atoms with Gasteiger partial charge in [-0.2, -0.15) is 0 Å². The van der Waals surface area contributed by atoms with E-state index in [0.29, 0.717) is 18.3 Å². The minimum absolute atomic E-state index is 0.0316. The van der Waals surface area contributed by atoms with Gasteiger partial charge in [0.25, 0.3) is 0 Å². The second-order valence-electron chi connectivity index (χ2n) is 5.31. The van der Waals surface area contributed by atoms with Crippen molar-refractivity contribution in [2.75, 3.05) is 44.8 Å². The molecule has 1 aliphatic heterocycles. The van der Waals surface area contributed by atoms with Gasteiger partial charge in [-0.05, 0) is 44.8 Å². The van der Waals surface area contributed by atoms with Crippen LogP contribution in [0.1, 0.15) is 6.42 Å². The van der Waals surface area contributed by atoms with Crippen LogP contribution in [0.3, 0.4) is 0 Å². The van der Waals surface area contributed by atoms with Crippen molar-refractivity contribution in [3.63, 3.8) is 0 Å². The number of anilines is 2. The summed E-state index contributed by atoms with van der Waals surface area (Å²) in [6, 6.07) is 7.77. The molecule has 1 atom stereocenters. The molecular weight excluding hydrogens is 240 g/mol. The van der Waals surface area contributed by atoms with E-state index < -0.39 is 0 Å². The molecule has 5 heteroatoms. The molecule has 0 bridgehead atoms. The van der Waals surface area contributed by atoms with Gasteiger partial charge in [-0.3, -0.25) is 9.69 Å². The zero-order chi connectivity index (χ0) is 13.8. The molecule has 0 spiro atoms. The Morgan fingerprint density at radius 3 is 2.68 bits per heavy atom. The SMILES string of the molecule is CN(C)C1CCN(CC(=O)Nc2ccc(N)cc2)C1. The molecule has 1 aromatic carbocycles. The fourth-order valence-electron chi connectivity index (χ4n) is 2.35. The molecule has 104 valence electrons. The second kappa shape index (κ2) is 6.04. The maximum Gasteiger partial charge on any atom is 0.238 e. The largest absolute Gasteiger partial charge is 0.399 e. The predicted molar refractivity (Wildman–Crippen MR) is 78.0 cm³/mol. The van der Waals surface area contributed by atoms with E-state index in [-0.39, 0.29) is 5.91 Å². The van der Waals surface area contributed by atoms with E-state index in [1.54, 1.807) is 12.1 Å². The van der Waals surface area contributed by atoms with Crippen molar-refractivity contribution in [3.8, 4) is 0 Å². The molecule has 1 aliphatic rings. The summed E-state index contributed by atoms with van der Waals surface area (Å²) < 4.78 is 0. The fourth-order valence-corrected chi connectivity index (χ4v) is 2.35. The first-order valence-corrected chi connectivity index (χ1v) is 6.59. The van der Waals surface area contributed by atoms with E-state index in [2.05, 4.69) is 29.2 Å². The van der Waals surface area contributed by atoms with Crippen molar-refractivity contribution in [1.29, 1.82) is 0 Å². The Bertz CT molecular complexity index is 430. The van der Waals surface area contributed by atoms with Gasteiger partial charge in [0.15, 0.2) is 0 Å². The number of rotatable bonds is 4. The Morgan fingerprint density at radius 2 is 2.11 bits per heavy atom. The molecule has 1 heterocycles. The average molecular weight is 262 g/mol. The molecule has 5 nitrogen and oxygen atoms in total. The summed E-state index contributed by atoms with van der Waals surface area (Å²) in [5, 5.41) is 2.89. The van der Waals surface area contributed by atoms with E-state index in [1.807, 2.05) is 12.1 Å². The number of benzene rings is 1. The van der Waals surface area contributed by atoms with Crippen molar-refractivity contribution in [2.24, 2.45) is 0 Å². The monoisotopic (exact) mass is 262 g/mol. The van der Waals surface area contributed by atoms with Gasteiger partial charge in [-0.25, -0.2) is 0 Å². The molecule has 0 radical (unpaired) electrons. The van der Waals surface area contributed by atoms with Gasteiger partial charge in [-0.15, -0.1) is 0 Å². The Hall–Kier alpha value is -1.59. The predicted octanol–water partition coefficient (Wildman–Crippen LogP) is 0.843. The summed E-state index contributed by atoms with van der Waals surface area (Å²) in [5.74, 6) is 0.0316. The lowest BCUT2D eigenvalue weighted by Gasteiger charge is -2.20. The number of hydrogen-bond donors (Lipinski definition) is 2. The van der Waals surface area contributed by atoms with Gasteiger partial charge in [0.2, 0.25) is 5.91 Å². The van der Waals surface area contributed by atoms with Crippen LogP contribution in [0.5, 0.6) is 0 Å². The summed E-state index contributed by atoms with van der Waals surface area (Å²) in [6.07, 6.45) is 1.13. The third-order valence-corrected chi connectivity index (χ3v) is 3.54. The summed E-state index contributed by atoms with van der Waals surface area (Å²) >= 11 is 0. The Balaban J connectivity index is 1.80. The average Bonchev–Trinajstić information content (AvgIpc) is 2.80. The summed E-state index contributed by atoms with van der Waals surface area (Å²) in [6.45, 7) is 2.40. The smallest absolute Gasteiger partial charge is 0.238 e. The van der Waals surface area contributed by atoms with Gasteiger partial charge >= 0.3 is 0 Å². The molecule has 1 amide bonds. The second-order valence-corrected chi connectivity index (χ2v) is 5.31. The maximum absolute atomic E-state index is 11.9. The number of nitrogen functional groups attached to an aromatic ring is 1. The number of nitrogens with two attached hydrogens (primary N) is 1. The first-order chi connectivity index (χ1) is 9.04. The van der Waals surface area contributed by atoms with Crippen LogP contribution in [0, 0.1) is 0 Å². The minimum Gasteiger partial charge on any atom is -0.399 e. The van der Waals surface area contributed by atoms with Crippen LogP contribution in [0.15, 0.2) is 24.3 Å². The highest BCUT2D eigenvalue weighted by Gasteiger charge is 2.25. The molecule has 3 N–H and O–H groups in total. The van der Waals surface area contributed by atoms with Crippen molar-refractivity contribution in [3.05, 3.63) is 24.3 Å². The van der Waals surface area contributed by atoms with E-state index in [1.165, 1.54) is 0 Å². The number of likely N-dealkylation sites (tertiary alicyclic amines) is 1. The summed E-state index contributed by atoms with van der Waals surface area (Å²) in [7, 11) is 4.17. The van der Waals surface area contributed by atoms with Crippen LogP contribution in [0.25, 0.3) is 0 Å². The van der Waals surface area contributed by atoms with Gasteiger partial charge < -0.3 is 16.0 Å². The molecule has 0 aromatic heterocycles. The van der Waals surface area contributed by atoms with E-state index in [0.717, 1.165) is 25.2 Å². The lowest BCUT2D eigenvalue weighted by molar-refractivity contribution is -0.117. The molecule has 19 heavy (non-hydrogen) atoms. The highest BCUT2D eigenvalue weighted by Crippen LogP contribution is 2.14. The van der Waals surface area contributed by atoms with Gasteiger partial charge in [-0.1, -0.05) is 0 Å². The van der Waals surface area contributed by atoms with Gasteiger partial charge in [0, 0.05) is 30.5 Å². The molecule has 1 unspecified atom stereocenters. The third kappa shape index (κ3) is 3.94. The van der Waals surface area contributed by atoms with Gasteiger partial charge in [0.1, 0.15) is 0 Å². The van der Waals surface area contributed by atoms with Crippen LogP contribution in [0.2, 0.25) is 0 Å². The van der Waals surface area contributed by atoms with Gasteiger partial charge in [0.05, 0.1) is 6.54 Å². The van der Waals surface area contributed by atoms with Crippen molar-refractivity contribution >= 4 is 17.3 Å². The van der Waals surface area contributed by atoms with Crippen molar-refractivity contribution in [1.82, 2.24) is 9.80 Å². The lowest BCUT2D eigenvalue weighted by Crippen LogP contribution is -2.35. The fraction of sp³-hybridized carbons (Fsp3) is 0.500. The lowest BCUT2D eigenvalue weighted by atomic mass is 10.2. The zero-order valence-corrected chi connectivity index (χ0v) is 11.6. The standard InChI is InChI=1S/C14H22N4O/c1-17(2)13-7-8-18(9-13)10-14(19)16-12-5-3-11(15)4-6-12/h3-6,13H,7-10,15H2,1-2H3,(H,16,19). The van der Waals surface area contributed by atoms with Crippen LogP contribution in [-0.4, -0.2) is 55.5 Å². The highest BCUT2D eigenvalue weighted by atomic mass is 16.2.